The van der Waals surface area contributed by atoms with Crippen LogP contribution in [0.2, 0.25) is 5.35 Å². The van der Waals surface area contributed by atoms with E-state index in [4.69, 9.17) is 11.6 Å². The highest BCUT2D eigenvalue weighted by Crippen LogP contribution is 2.13. The van der Waals surface area contributed by atoms with E-state index in [1.165, 1.54) is 11.0 Å². The smallest absolute Gasteiger partial charge is 0.320 e. The zero-order chi connectivity index (χ0) is 8.55. The molecule has 7 heteroatoms. The largest absolute Gasteiger partial charge is 0.321 e. The van der Waals surface area contributed by atoms with Crippen LogP contribution in [0.15, 0.2) is 10.7 Å². The van der Waals surface area contributed by atoms with Crippen LogP contribution in [0.4, 0.5) is 0 Å². The van der Waals surface area contributed by atoms with Crippen molar-refractivity contribution >= 4 is 11.6 Å². The summed E-state index contributed by atoms with van der Waals surface area (Å²) in [4.78, 5) is 5.17. The average molecular weight is 186 g/mol. The van der Waals surface area contributed by atoms with Crippen LogP contribution in [0.5, 0.6) is 0 Å². The molecular weight excluding hydrogens is 182 g/mol. The van der Waals surface area contributed by atoms with Gasteiger partial charge in [-0.2, -0.15) is 20.0 Å². The molecule has 62 valence electrons. The number of nitrogens with zero attached hydrogens (tertiary/aromatic N) is 5. The third-order valence-corrected chi connectivity index (χ3v) is 1.38. The summed E-state index contributed by atoms with van der Waals surface area (Å²) in [6, 6.07) is 0. The highest BCUT2D eigenvalue weighted by Gasteiger charge is 2.09. The van der Waals surface area contributed by atoms with Gasteiger partial charge in [0.15, 0.2) is 5.69 Å². The zero-order valence-corrected chi connectivity index (χ0v) is 6.86. The second kappa shape index (κ2) is 2.56. The monoisotopic (exact) mass is 185 g/mol. The second-order valence-electron chi connectivity index (χ2n) is 2.09. The standard InChI is InChI=1S/C5H4ClN5O/c1-11-7-2-3(9-11)4-8-5(6)12-10-4/h2H,1H3. The molecule has 6 nitrogen and oxygen atoms in total. The molecule has 0 amide bonds. The lowest BCUT2D eigenvalue weighted by Crippen LogP contribution is -1.92. The second-order valence-corrected chi connectivity index (χ2v) is 2.41. The molecule has 0 saturated heterocycles. The molecule has 0 unspecified atom stereocenters. The van der Waals surface area contributed by atoms with Gasteiger partial charge < -0.3 is 4.52 Å². The summed E-state index contributed by atoms with van der Waals surface area (Å²) in [6.07, 6.45) is 1.53. The van der Waals surface area contributed by atoms with Crippen molar-refractivity contribution in [3.05, 3.63) is 11.5 Å². The van der Waals surface area contributed by atoms with Crippen molar-refractivity contribution in [1.29, 1.82) is 0 Å². The summed E-state index contributed by atoms with van der Waals surface area (Å²) < 4.78 is 4.56. The normalized spacial score (nSPS) is 10.5. The molecule has 0 aliphatic rings. The van der Waals surface area contributed by atoms with E-state index in [1.807, 2.05) is 0 Å². The van der Waals surface area contributed by atoms with E-state index < -0.39 is 0 Å². The van der Waals surface area contributed by atoms with Crippen LogP contribution < -0.4 is 0 Å². The lowest BCUT2D eigenvalue weighted by molar-refractivity contribution is 0.420. The predicted octanol–water partition coefficient (Wildman–Crippen LogP) is 0.518. The van der Waals surface area contributed by atoms with Crippen molar-refractivity contribution in [2.45, 2.75) is 0 Å². The molecule has 2 rings (SSSR count). The molecule has 2 aromatic heterocycles. The number of hydrogen-bond donors (Lipinski definition) is 0. The summed E-state index contributed by atoms with van der Waals surface area (Å²) >= 11 is 5.42. The van der Waals surface area contributed by atoms with Crippen LogP contribution in [-0.2, 0) is 7.05 Å². The Bertz CT molecular complexity index is 356. The maximum Gasteiger partial charge on any atom is 0.320 e. The maximum atomic E-state index is 5.42. The molecule has 0 bridgehead atoms. The molecule has 2 aromatic rings. The minimum atomic E-state index is -0.00402. The molecule has 0 spiro atoms. The van der Waals surface area contributed by atoms with Gasteiger partial charge in [-0.1, -0.05) is 5.16 Å². The molecule has 12 heavy (non-hydrogen) atoms. The summed E-state index contributed by atoms with van der Waals surface area (Å²) in [5, 5.41) is 11.4. The van der Waals surface area contributed by atoms with Crippen molar-refractivity contribution in [2.75, 3.05) is 0 Å². The van der Waals surface area contributed by atoms with Crippen LogP contribution in [0, 0.1) is 0 Å². The number of aryl methyl sites for hydroxylation is 1. The van der Waals surface area contributed by atoms with E-state index in [1.54, 1.807) is 7.05 Å². The van der Waals surface area contributed by atoms with Gasteiger partial charge in [-0.15, -0.1) is 0 Å². The van der Waals surface area contributed by atoms with Crippen LogP contribution in [0.1, 0.15) is 0 Å². The fourth-order valence-corrected chi connectivity index (χ4v) is 0.872. The van der Waals surface area contributed by atoms with Gasteiger partial charge in [-0.3, -0.25) is 0 Å². The van der Waals surface area contributed by atoms with Gasteiger partial charge in [0.05, 0.1) is 6.20 Å². The number of aromatic nitrogens is 5. The lowest BCUT2D eigenvalue weighted by Gasteiger charge is -1.81. The third-order valence-electron chi connectivity index (χ3n) is 1.23. The topological polar surface area (TPSA) is 69.6 Å². The van der Waals surface area contributed by atoms with Crippen molar-refractivity contribution in [2.24, 2.45) is 7.05 Å². The molecule has 0 aliphatic carbocycles. The van der Waals surface area contributed by atoms with Crippen LogP contribution >= 0.6 is 11.6 Å². The Morgan fingerprint density at radius 3 is 2.92 bits per heavy atom. The van der Waals surface area contributed by atoms with Gasteiger partial charge >= 0.3 is 5.35 Å². The van der Waals surface area contributed by atoms with Gasteiger partial charge in [0.1, 0.15) is 0 Å². The Labute approximate surface area is 72.1 Å². The first-order valence-electron chi connectivity index (χ1n) is 3.11. The number of rotatable bonds is 1. The molecule has 0 N–H and O–H groups in total. The number of hydrogen-bond acceptors (Lipinski definition) is 5. The fourth-order valence-electron chi connectivity index (χ4n) is 0.757. The average Bonchev–Trinajstić information content (AvgIpc) is 2.58. The molecule has 0 aromatic carbocycles. The summed E-state index contributed by atoms with van der Waals surface area (Å²) in [5.74, 6) is 0.341. The van der Waals surface area contributed by atoms with Crippen LogP contribution in [0.25, 0.3) is 11.5 Å². The molecule has 0 aliphatic heterocycles. The Morgan fingerprint density at radius 1 is 1.58 bits per heavy atom. The predicted molar refractivity (Wildman–Crippen MR) is 39.3 cm³/mol. The Hall–Kier alpha value is -1.43. The lowest BCUT2D eigenvalue weighted by atomic mass is 10.5. The minimum absolute atomic E-state index is 0.00402. The van der Waals surface area contributed by atoms with Gasteiger partial charge in [0.25, 0.3) is 0 Å². The summed E-state index contributed by atoms with van der Waals surface area (Å²) in [5.41, 5.74) is 0.535. The highest BCUT2D eigenvalue weighted by molar-refractivity contribution is 6.27. The zero-order valence-electron chi connectivity index (χ0n) is 6.10. The fraction of sp³-hybridized carbons (Fsp3) is 0.200. The molecule has 0 radical (unpaired) electrons. The van der Waals surface area contributed by atoms with E-state index in [0.717, 1.165) is 0 Å². The van der Waals surface area contributed by atoms with E-state index in [-0.39, 0.29) is 5.35 Å². The van der Waals surface area contributed by atoms with Gasteiger partial charge in [0.2, 0.25) is 5.82 Å². The van der Waals surface area contributed by atoms with Gasteiger partial charge in [-0.25, -0.2) is 0 Å². The van der Waals surface area contributed by atoms with Crippen molar-refractivity contribution in [3.8, 4) is 11.5 Å². The molecule has 0 fully saturated rings. The van der Waals surface area contributed by atoms with Crippen molar-refractivity contribution < 1.29 is 4.52 Å². The first-order valence-corrected chi connectivity index (χ1v) is 3.49. The first kappa shape index (κ1) is 7.23. The Morgan fingerprint density at radius 2 is 2.42 bits per heavy atom. The molecule has 0 atom stereocenters. The molecular formula is C5H4ClN5O. The highest BCUT2D eigenvalue weighted by atomic mass is 35.5. The Balaban J connectivity index is 2.43. The van der Waals surface area contributed by atoms with Gasteiger partial charge in [0, 0.05) is 7.05 Å². The molecule has 2 heterocycles. The summed E-state index contributed by atoms with van der Waals surface area (Å²) in [6.45, 7) is 0. The van der Waals surface area contributed by atoms with E-state index >= 15 is 0 Å². The SMILES string of the molecule is Cn1ncc(-c2noc(Cl)n2)n1. The van der Waals surface area contributed by atoms with E-state index in [2.05, 4.69) is 24.9 Å². The quantitative estimate of drug-likeness (QED) is 0.648. The Kier molecular flexibility index (Phi) is 1.54. The van der Waals surface area contributed by atoms with E-state index in [0.29, 0.717) is 11.5 Å². The number of halogens is 1. The van der Waals surface area contributed by atoms with Gasteiger partial charge in [-0.05, 0) is 11.6 Å². The first-order chi connectivity index (χ1) is 5.75. The summed E-state index contributed by atoms with van der Waals surface area (Å²) in [7, 11) is 1.70. The van der Waals surface area contributed by atoms with Crippen molar-refractivity contribution in [3.63, 3.8) is 0 Å². The van der Waals surface area contributed by atoms with Crippen LogP contribution in [-0.4, -0.2) is 25.1 Å². The maximum absolute atomic E-state index is 5.42. The van der Waals surface area contributed by atoms with Crippen molar-refractivity contribution in [1.82, 2.24) is 25.1 Å². The van der Waals surface area contributed by atoms with E-state index in [9.17, 15) is 0 Å². The molecule has 0 saturated carbocycles. The third kappa shape index (κ3) is 1.16. The minimum Gasteiger partial charge on any atom is -0.321 e. The van der Waals surface area contributed by atoms with Crippen LogP contribution in [0.3, 0.4) is 0 Å².